The van der Waals surface area contributed by atoms with E-state index in [1.807, 2.05) is 6.92 Å². The zero-order chi connectivity index (χ0) is 16.0. The van der Waals surface area contributed by atoms with Crippen LogP contribution in [-0.2, 0) is 16.0 Å². The third-order valence-electron chi connectivity index (χ3n) is 3.07. The lowest BCUT2D eigenvalue weighted by molar-refractivity contribution is -0.142. The minimum atomic E-state index is -0.924. The molecule has 0 aliphatic heterocycles. The second-order valence-electron chi connectivity index (χ2n) is 4.85. The van der Waals surface area contributed by atoms with Crippen LogP contribution in [0.15, 0.2) is 18.2 Å². The molecule has 0 saturated heterocycles. The molecular weight excluding hydrogens is 294 g/mol. The Morgan fingerprint density at radius 2 is 2.10 bits per heavy atom. The Balaban J connectivity index is 2.79. The van der Waals surface area contributed by atoms with E-state index in [1.165, 1.54) is 4.90 Å². The number of amides is 1. The molecule has 0 saturated carbocycles. The average Bonchev–Trinajstić information content (AvgIpc) is 2.42. The number of rotatable bonds is 7. The Hall–Kier alpha value is -1.75. The first-order valence-electron chi connectivity index (χ1n) is 6.73. The molecule has 1 rings (SSSR count). The van der Waals surface area contributed by atoms with Gasteiger partial charge in [0.15, 0.2) is 0 Å². The van der Waals surface area contributed by atoms with Crippen molar-refractivity contribution in [3.8, 4) is 5.75 Å². The zero-order valence-electron chi connectivity index (χ0n) is 12.4. The maximum absolute atomic E-state index is 12.2. The summed E-state index contributed by atoms with van der Waals surface area (Å²) in [5.41, 5.74) is 0.698. The number of para-hydroxylation sites is 1. The van der Waals surface area contributed by atoms with Gasteiger partial charge in [-0.1, -0.05) is 30.7 Å². The Labute approximate surface area is 129 Å². The summed E-state index contributed by atoms with van der Waals surface area (Å²) in [5.74, 6) is -1.20. The van der Waals surface area contributed by atoms with Crippen LogP contribution in [0.25, 0.3) is 0 Å². The summed E-state index contributed by atoms with van der Waals surface area (Å²) in [7, 11) is 1.59. The fraction of sp³-hybridized carbons (Fsp3) is 0.467. The van der Waals surface area contributed by atoms with Gasteiger partial charge >= 0.3 is 5.97 Å². The molecule has 0 fully saturated rings. The molecule has 5 nitrogen and oxygen atoms in total. The number of hydrogen-bond donors (Lipinski definition) is 1. The van der Waals surface area contributed by atoms with E-state index in [-0.39, 0.29) is 18.9 Å². The number of likely N-dealkylation sites (N-methyl/N-ethyl adjacent to an activating group) is 1. The average molecular weight is 314 g/mol. The molecule has 0 bridgehead atoms. The highest BCUT2D eigenvalue weighted by atomic mass is 35.5. The van der Waals surface area contributed by atoms with Gasteiger partial charge in [0.05, 0.1) is 24.0 Å². The summed E-state index contributed by atoms with van der Waals surface area (Å²) in [6.45, 7) is 4.03. The van der Waals surface area contributed by atoms with Gasteiger partial charge in [-0.25, -0.2) is 0 Å². The van der Waals surface area contributed by atoms with Gasteiger partial charge in [0.1, 0.15) is 5.75 Å². The third-order valence-corrected chi connectivity index (χ3v) is 3.37. The van der Waals surface area contributed by atoms with Gasteiger partial charge in [-0.15, -0.1) is 0 Å². The molecule has 1 aromatic carbocycles. The number of aliphatic carboxylic acids is 1. The van der Waals surface area contributed by atoms with Crippen LogP contribution in [0.3, 0.4) is 0 Å². The standard InChI is InChI=1S/C15H20ClNO4/c1-4-21-14-11(6-5-7-12(14)16)8-13(18)17(3)9-10(2)15(19)20/h5-7,10H,4,8-9H2,1-3H3,(H,19,20). The first kappa shape index (κ1) is 17.3. The lowest BCUT2D eigenvalue weighted by atomic mass is 10.1. The highest BCUT2D eigenvalue weighted by Crippen LogP contribution is 2.29. The van der Waals surface area contributed by atoms with Gasteiger partial charge in [0.2, 0.25) is 5.91 Å². The quantitative estimate of drug-likeness (QED) is 0.839. The molecule has 1 N–H and O–H groups in total. The predicted molar refractivity (Wildman–Crippen MR) is 80.8 cm³/mol. The maximum atomic E-state index is 12.2. The molecule has 0 heterocycles. The number of hydrogen-bond acceptors (Lipinski definition) is 3. The first-order valence-corrected chi connectivity index (χ1v) is 7.11. The molecule has 116 valence electrons. The largest absolute Gasteiger partial charge is 0.492 e. The van der Waals surface area contributed by atoms with Gasteiger partial charge in [-0.3, -0.25) is 9.59 Å². The van der Waals surface area contributed by atoms with Crippen molar-refractivity contribution in [3.05, 3.63) is 28.8 Å². The summed E-state index contributed by atoms with van der Waals surface area (Å²) in [6, 6.07) is 5.24. The smallest absolute Gasteiger partial charge is 0.308 e. The minimum Gasteiger partial charge on any atom is -0.492 e. The molecular formula is C15H20ClNO4. The van der Waals surface area contributed by atoms with Crippen molar-refractivity contribution in [1.82, 2.24) is 4.90 Å². The van der Waals surface area contributed by atoms with E-state index in [0.717, 1.165) is 0 Å². The molecule has 0 spiro atoms. The van der Waals surface area contributed by atoms with E-state index in [1.54, 1.807) is 32.2 Å². The molecule has 6 heteroatoms. The summed E-state index contributed by atoms with van der Waals surface area (Å²) < 4.78 is 5.47. The van der Waals surface area contributed by atoms with Crippen LogP contribution < -0.4 is 4.74 Å². The molecule has 1 atom stereocenters. The van der Waals surface area contributed by atoms with Crippen LogP contribution in [0.4, 0.5) is 0 Å². The van der Waals surface area contributed by atoms with Gasteiger partial charge in [-0.05, 0) is 13.0 Å². The van der Waals surface area contributed by atoms with Gasteiger partial charge in [0.25, 0.3) is 0 Å². The summed E-state index contributed by atoms with van der Waals surface area (Å²) >= 11 is 6.07. The van der Waals surface area contributed by atoms with Crippen molar-refractivity contribution in [1.29, 1.82) is 0 Å². The van der Waals surface area contributed by atoms with E-state index in [0.29, 0.717) is 22.9 Å². The molecule has 1 unspecified atom stereocenters. The van der Waals surface area contributed by atoms with Gasteiger partial charge in [-0.2, -0.15) is 0 Å². The van der Waals surface area contributed by atoms with Crippen molar-refractivity contribution in [2.45, 2.75) is 20.3 Å². The van der Waals surface area contributed by atoms with Crippen LogP contribution in [0.2, 0.25) is 5.02 Å². The van der Waals surface area contributed by atoms with Crippen molar-refractivity contribution >= 4 is 23.5 Å². The number of carboxylic acid groups (broad SMARTS) is 1. The Morgan fingerprint density at radius 1 is 1.43 bits per heavy atom. The number of nitrogens with zero attached hydrogens (tertiary/aromatic N) is 1. The number of halogens is 1. The normalized spacial score (nSPS) is 11.8. The van der Waals surface area contributed by atoms with Gasteiger partial charge < -0.3 is 14.7 Å². The summed E-state index contributed by atoms with van der Waals surface area (Å²) in [4.78, 5) is 24.4. The topological polar surface area (TPSA) is 66.8 Å². The number of ether oxygens (including phenoxy) is 1. The van der Waals surface area contributed by atoms with E-state index in [9.17, 15) is 9.59 Å². The van der Waals surface area contributed by atoms with Crippen LogP contribution in [0.1, 0.15) is 19.4 Å². The van der Waals surface area contributed by atoms with Crippen LogP contribution in [0.5, 0.6) is 5.75 Å². The molecule has 0 aliphatic carbocycles. The predicted octanol–water partition coefficient (Wildman–Crippen LogP) is 2.46. The molecule has 21 heavy (non-hydrogen) atoms. The monoisotopic (exact) mass is 313 g/mol. The second-order valence-corrected chi connectivity index (χ2v) is 5.26. The minimum absolute atomic E-state index is 0.124. The Bertz CT molecular complexity index is 518. The van der Waals surface area contributed by atoms with E-state index in [4.69, 9.17) is 21.4 Å². The fourth-order valence-corrected chi connectivity index (χ4v) is 2.14. The highest BCUT2D eigenvalue weighted by molar-refractivity contribution is 6.32. The number of carbonyl (C=O) groups excluding carboxylic acids is 1. The van der Waals surface area contributed by atoms with E-state index < -0.39 is 11.9 Å². The number of carbonyl (C=O) groups is 2. The SMILES string of the molecule is CCOc1c(Cl)cccc1CC(=O)N(C)CC(C)C(=O)O. The van der Waals surface area contributed by atoms with E-state index >= 15 is 0 Å². The second kappa shape index (κ2) is 7.88. The number of carboxylic acids is 1. The zero-order valence-corrected chi connectivity index (χ0v) is 13.2. The molecule has 0 radical (unpaired) electrons. The molecule has 1 amide bonds. The van der Waals surface area contributed by atoms with Crippen LogP contribution in [-0.4, -0.2) is 42.1 Å². The highest BCUT2D eigenvalue weighted by Gasteiger charge is 2.19. The third kappa shape index (κ3) is 4.93. The van der Waals surface area contributed by atoms with Crippen molar-refractivity contribution in [2.75, 3.05) is 20.2 Å². The molecule has 1 aromatic rings. The molecule has 0 aromatic heterocycles. The summed E-state index contributed by atoms with van der Waals surface area (Å²) in [6.07, 6.45) is 0.124. The molecule has 0 aliphatic rings. The summed E-state index contributed by atoms with van der Waals surface area (Å²) in [5, 5.41) is 9.34. The fourth-order valence-electron chi connectivity index (χ4n) is 1.89. The lowest BCUT2D eigenvalue weighted by Gasteiger charge is -2.20. The Morgan fingerprint density at radius 3 is 2.67 bits per heavy atom. The Kier molecular flexibility index (Phi) is 6.49. The van der Waals surface area contributed by atoms with Crippen LogP contribution in [0, 0.1) is 5.92 Å². The van der Waals surface area contributed by atoms with E-state index in [2.05, 4.69) is 0 Å². The lowest BCUT2D eigenvalue weighted by Crippen LogP contribution is -2.34. The first-order chi connectivity index (χ1) is 9.86. The van der Waals surface area contributed by atoms with Crippen molar-refractivity contribution < 1.29 is 19.4 Å². The van der Waals surface area contributed by atoms with Gasteiger partial charge in [0, 0.05) is 19.2 Å². The number of benzene rings is 1. The van der Waals surface area contributed by atoms with Crippen LogP contribution >= 0.6 is 11.6 Å². The maximum Gasteiger partial charge on any atom is 0.308 e. The van der Waals surface area contributed by atoms with Crippen molar-refractivity contribution in [3.63, 3.8) is 0 Å². The van der Waals surface area contributed by atoms with Crippen molar-refractivity contribution in [2.24, 2.45) is 5.92 Å².